The van der Waals surface area contributed by atoms with Gasteiger partial charge in [0.2, 0.25) is 0 Å². The highest BCUT2D eigenvalue weighted by atomic mass is 16.5. The number of aryl methyl sites for hydroxylation is 1. The van der Waals surface area contributed by atoms with Crippen LogP contribution in [0.3, 0.4) is 0 Å². The maximum absolute atomic E-state index is 5.47. The molecular formula is C12H15N3O2. The van der Waals surface area contributed by atoms with E-state index < -0.39 is 0 Å². The summed E-state index contributed by atoms with van der Waals surface area (Å²) in [6.45, 7) is 2.95. The highest BCUT2D eigenvalue weighted by Gasteiger charge is 2.04. The van der Waals surface area contributed by atoms with E-state index in [1.165, 1.54) is 0 Å². The molecule has 2 aromatic rings. The third kappa shape index (κ3) is 3.29. The Bertz CT molecular complexity index is 469. The summed E-state index contributed by atoms with van der Waals surface area (Å²) in [5.74, 6) is 0.755. The molecule has 0 saturated carbocycles. The number of nitrogens with one attached hydrogen (secondary N) is 1. The first-order valence-corrected chi connectivity index (χ1v) is 5.42. The largest absolute Gasteiger partial charge is 0.466 e. The molecule has 0 atom stereocenters. The molecule has 0 aliphatic carbocycles. The fourth-order valence-electron chi connectivity index (χ4n) is 1.47. The van der Waals surface area contributed by atoms with Crippen molar-refractivity contribution in [1.82, 2.24) is 15.3 Å². The minimum absolute atomic E-state index is 0.343. The van der Waals surface area contributed by atoms with Gasteiger partial charge in [-0.25, -0.2) is 4.98 Å². The molecule has 0 amide bonds. The van der Waals surface area contributed by atoms with Crippen LogP contribution in [0.1, 0.15) is 17.1 Å². The summed E-state index contributed by atoms with van der Waals surface area (Å²) in [6, 6.07) is 5.98. The first-order chi connectivity index (χ1) is 8.28. The zero-order valence-corrected chi connectivity index (χ0v) is 9.93. The van der Waals surface area contributed by atoms with Crippen LogP contribution >= 0.6 is 0 Å². The minimum atomic E-state index is 0.343. The van der Waals surface area contributed by atoms with E-state index in [0.29, 0.717) is 19.2 Å². The molecule has 2 aromatic heterocycles. The van der Waals surface area contributed by atoms with Crippen molar-refractivity contribution in [3.05, 3.63) is 41.6 Å². The summed E-state index contributed by atoms with van der Waals surface area (Å²) >= 11 is 0. The van der Waals surface area contributed by atoms with E-state index in [0.717, 1.165) is 17.1 Å². The van der Waals surface area contributed by atoms with Crippen molar-refractivity contribution in [2.75, 3.05) is 7.05 Å². The fourth-order valence-corrected chi connectivity index (χ4v) is 1.47. The van der Waals surface area contributed by atoms with Crippen molar-refractivity contribution in [3.8, 4) is 6.01 Å². The van der Waals surface area contributed by atoms with Gasteiger partial charge in [-0.1, -0.05) is 0 Å². The summed E-state index contributed by atoms with van der Waals surface area (Å²) in [5.41, 5.74) is 1.80. The lowest BCUT2D eigenvalue weighted by atomic mass is 10.3. The molecule has 0 bridgehead atoms. The standard InChI is InChI=1S/C12H15N3O2/c1-9-6-10(7-13-2)15-12(14-9)17-8-11-4-3-5-16-11/h3-6,13H,7-8H2,1-2H3. The minimum Gasteiger partial charge on any atom is -0.466 e. The van der Waals surface area contributed by atoms with E-state index >= 15 is 0 Å². The second-order valence-corrected chi connectivity index (χ2v) is 3.68. The van der Waals surface area contributed by atoms with Gasteiger partial charge < -0.3 is 14.5 Å². The van der Waals surface area contributed by atoms with Crippen LogP contribution in [0.5, 0.6) is 6.01 Å². The van der Waals surface area contributed by atoms with Crippen molar-refractivity contribution in [2.24, 2.45) is 0 Å². The first-order valence-electron chi connectivity index (χ1n) is 5.42. The van der Waals surface area contributed by atoms with Gasteiger partial charge in [0.1, 0.15) is 12.4 Å². The van der Waals surface area contributed by atoms with Crippen LogP contribution in [-0.2, 0) is 13.2 Å². The maximum atomic E-state index is 5.47. The summed E-state index contributed by atoms with van der Waals surface area (Å²) < 4.78 is 10.6. The molecule has 2 rings (SSSR count). The van der Waals surface area contributed by atoms with Crippen molar-refractivity contribution in [3.63, 3.8) is 0 Å². The van der Waals surface area contributed by atoms with Crippen LogP contribution in [0, 0.1) is 6.92 Å². The average Bonchev–Trinajstić information content (AvgIpc) is 2.79. The number of hydrogen-bond donors (Lipinski definition) is 1. The lowest BCUT2D eigenvalue weighted by molar-refractivity contribution is 0.248. The number of rotatable bonds is 5. The van der Waals surface area contributed by atoms with E-state index in [4.69, 9.17) is 9.15 Å². The fraction of sp³-hybridized carbons (Fsp3) is 0.333. The van der Waals surface area contributed by atoms with Crippen molar-refractivity contribution in [2.45, 2.75) is 20.1 Å². The van der Waals surface area contributed by atoms with Gasteiger partial charge in [-0.15, -0.1) is 0 Å². The molecule has 5 nitrogen and oxygen atoms in total. The topological polar surface area (TPSA) is 60.2 Å². The Kier molecular flexibility index (Phi) is 3.72. The number of nitrogens with zero attached hydrogens (tertiary/aromatic N) is 2. The molecular weight excluding hydrogens is 218 g/mol. The normalized spacial score (nSPS) is 10.5. The van der Waals surface area contributed by atoms with Gasteiger partial charge in [-0.3, -0.25) is 0 Å². The Hall–Kier alpha value is -1.88. The van der Waals surface area contributed by atoms with Gasteiger partial charge in [0, 0.05) is 12.2 Å². The van der Waals surface area contributed by atoms with E-state index in [1.54, 1.807) is 6.26 Å². The van der Waals surface area contributed by atoms with Gasteiger partial charge in [0.15, 0.2) is 0 Å². The van der Waals surface area contributed by atoms with E-state index in [2.05, 4.69) is 15.3 Å². The van der Waals surface area contributed by atoms with Crippen LogP contribution in [0.2, 0.25) is 0 Å². The predicted octanol–water partition coefficient (Wildman–Crippen LogP) is 1.68. The number of hydrogen-bond acceptors (Lipinski definition) is 5. The number of ether oxygens (including phenoxy) is 1. The lowest BCUT2D eigenvalue weighted by Gasteiger charge is -2.06. The summed E-state index contributed by atoms with van der Waals surface area (Å²) in [5, 5.41) is 3.04. The Labute approximate surface area is 99.8 Å². The zero-order valence-electron chi connectivity index (χ0n) is 9.93. The summed E-state index contributed by atoms with van der Waals surface area (Å²) in [4.78, 5) is 8.50. The second kappa shape index (κ2) is 5.45. The molecule has 1 N–H and O–H groups in total. The van der Waals surface area contributed by atoms with Crippen molar-refractivity contribution < 1.29 is 9.15 Å². The van der Waals surface area contributed by atoms with Crippen LogP contribution in [-0.4, -0.2) is 17.0 Å². The van der Waals surface area contributed by atoms with E-state index in [-0.39, 0.29) is 0 Å². The third-order valence-electron chi connectivity index (χ3n) is 2.17. The Morgan fingerprint density at radius 2 is 2.29 bits per heavy atom. The van der Waals surface area contributed by atoms with Crippen LogP contribution in [0.4, 0.5) is 0 Å². The molecule has 2 heterocycles. The van der Waals surface area contributed by atoms with Gasteiger partial charge >= 0.3 is 6.01 Å². The molecule has 0 spiro atoms. The SMILES string of the molecule is CNCc1cc(C)nc(OCc2ccco2)n1. The smallest absolute Gasteiger partial charge is 0.317 e. The summed E-state index contributed by atoms with van der Waals surface area (Å²) in [7, 11) is 1.88. The van der Waals surface area contributed by atoms with Crippen molar-refractivity contribution in [1.29, 1.82) is 0 Å². The molecule has 0 unspecified atom stereocenters. The molecule has 0 fully saturated rings. The molecule has 17 heavy (non-hydrogen) atoms. The molecule has 0 aliphatic heterocycles. The molecule has 0 radical (unpaired) electrons. The van der Waals surface area contributed by atoms with Gasteiger partial charge in [0.25, 0.3) is 0 Å². The molecule has 5 heteroatoms. The lowest BCUT2D eigenvalue weighted by Crippen LogP contribution is -2.09. The zero-order chi connectivity index (χ0) is 12.1. The van der Waals surface area contributed by atoms with Gasteiger partial charge in [0.05, 0.1) is 12.0 Å². The maximum Gasteiger partial charge on any atom is 0.317 e. The van der Waals surface area contributed by atoms with Crippen LogP contribution in [0.25, 0.3) is 0 Å². The quantitative estimate of drug-likeness (QED) is 0.851. The van der Waals surface area contributed by atoms with Gasteiger partial charge in [-0.2, -0.15) is 4.98 Å². The Balaban J connectivity index is 2.04. The van der Waals surface area contributed by atoms with Crippen LogP contribution in [0.15, 0.2) is 28.9 Å². The average molecular weight is 233 g/mol. The highest BCUT2D eigenvalue weighted by Crippen LogP contribution is 2.10. The van der Waals surface area contributed by atoms with E-state index in [1.807, 2.05) is 32.2 Å². The Morgan fingerprint density at radius 1 is 1.41 bits per heavy atom. The third-order valence-corrected chi connectivity index (χ3v) is 2.17. The van der Waals surface area contributed by atoms with E-state index in [9.17, 15) is 0 Å². The molecule has 90 valence electrons. The molecule has 0 saturated heterocycles. The number of aromatic nitrogens is 2. The predicted molar refractivity (Wildman–Crippen MR) is 62.6 cm³/mol. The monoisotopic (exact) mass is 233 g/mol. The highest BCUT2D eigenvalue weighted by molar-refractivity contribution is 5.12. The van der Waals surface area contributed by atoms with Crippen LogP contribution < -0.4 is 10.1 Å². The van der Waals surface area contributed by atoms with Crippen molar-refractivity contribution >= 4 is 0 Å². The second-order valence-electron chi connectivity index (χ2n) is 3.68. The van der Waals surface area contributed by atoms with Gasteiger partial charge in [-0.05, 0) is 32.2 Å². The number of furan rings is 1. The molecule has 0 aliphatic rings. The summed E-state index contributed by atoms with van der Waals surface area (Å²) in [6.07, 6.45) is 1.61. The Morgan fingerprint density at radius 3 is 3.00 bits per heavy atom. The first kappa shape index (κ1) is 11.6. The molecule has 0 aromatic carbocycles.